The Morgan fingerprint density at radius 3 is 2.96 bits per heavy atom. The van der Waals surface area contributed by atoms with Crippen molar-refractivity contribution >= 4 is 29.8 Å². The number of nitrogens with zero attached hydrogens (tertiary/aromatic N) is 3. The molecule has 0 aliphatic carbocycles. The number of rotatable bonds is 7. The number of H-pyrrole nitrogens is 1. The zero-order chi connectivity index (χ0) is 18.3. The van der Waals surface area contributed by atoms with Gasteiger partial charge < -0.3 is 10.1 Å². The third kappa shape index (κ3) is 6.84. The number of ether oxygens (including phenoxy) is 1. The monoisotopic (exact) mass is 362 g/mol. The van der Waals surface area contributed by atoms with Crippen LogP contribution in [0.5, 0.6) is 5.75 Å². The Kier molecular flexibility index (Phi) is 6.40. The van der Waals surface area contributed by atoms with E-state index in [2.05, 4.69) is 31.0 Å². The molecule has 0 saturated heterocycles. The Labute approximate surface area is 150 Å². The number of hydrogen-bond acceptors (Lipinski definition) is 7. The highest BCUT2D eigenvalue weighted by Gasteiger charge is 2.14. The van der Waals surface area contributed by atoms with Gasteiger partial charge >= 0.3 is 0 Å². The van der Waals surface area contributed by atoms with E-state index in [0.717, 1.165) is 11.3 Å². The summed E-state index contributed by atoms with van der Waals surface area (Å²) in [5.41, 5.74) is 3.40. The molecule has 0 radical (unpaired) electrons. The van der Waals surface area contributed by atoms with Crippen LogP contribution in [-0.2, 0) is 4.79 Å². The van der Waals surface area contributed by atoms with Gasteiger partial charge in [0.2, 0.25) is 17.0 Å². The zero-order valence-corrected chi connectivity index (χ0v) is 15.5. The maximum Gasteiger partial charge on any atom is 0.240 e. The van der Waals surface area contributed by atoms with Crippen LogP contribution in [0, 0.1) is 0 Å². The van der Waals surface area contributed by atoms with Gasteiger partial charge in [-0.15, -0.1) is 5.10 Å². The van der Waals surface area contributed by atoms with Crippen molar-refractivity contribution in [3.63, 3.8) is 0 Å². The standard InChI is InChI=1S/C16H22N6O2S/c1-16(2,3)19-13(23)10-25-15-18-14(21-22-15)20-17-9-11-6-5-7-12(8-11)24-4/h5-9H,10H2,1-4H3,(H,19,23)(H2,18,20,21,22)/b17-9-. The van der Waals surface area contributed by atoms with Gasteiger partial charge in [0.25, 0.3) is 0 Å². The highest BCUT2D eigenvalue weighted by atomic mass is 32.2. The number of hydrogen-bond donors (Lipinski definition) is 3. The number of amides is 1. The molecule has 0 atom stereocenters. The first-order chi connectivity index (χ1) is 11.9. The topological polar surface area (TPSA) is 104 Å². The van der Waals surface area contributed by atoms with Crippen molar-refractivity contribution < 1.29 is 9.53 Å². The highest BCUT2D eigenvalue weighted by molar-refractivity contribution is 7.99. The first-order valence-electron chi connectivity index (χ1n) is 7.65. The van der Waals surface area contributed by atoms with Gasteiger partial charge in [-0.05, 0) is 38.5 Å². The van der Waals surface area contributed by atoms with Crippen LogP contribution in [0.3, 0.4) is 0 Å². The summed E-state index contributed by atoms with van der Waals surface area (Å²) in [6.45, 7) is 5.81. The van der Waals surface area contributed by atoms with Crippen LogP contribution in [0.1, 0.15) is 26.3 Å². The molecule has 9 heteroatoms. The molecular formula is C16H22N6O2S. The molecular weight excluding hydrogens is 340 g/mol. The van der Waals surface area contributed by atoms with E-state index in [0.29, 0.717) is 11.1 Å². The first kappa shape index (κ1) is 18.8. The van der Waals surface area contributed by atoms with E-state index < -0.39 is 0 Å². The number of nitrogens with one attached hydrogen (secondary N) is 3. The third-order valence-electron chi connectivity index (χ3n) is 2.79. The van der Waals surface area contributed by atoms with Crippen molar-refractivity contribution in [1.82, 2.24) is 20.5 Å². The van der Waals surface area contributed by atoms with Crippen molar-refractivity contribution in [2.24, 2.45) is 5.10 Å². The molecule has 2 aromatic rings. The van der Waals surface area contributed by atoms with Gasteiger partial charge in [-0.2, -0.15) is 10.1 Å². The summed E-state index contributed by atoms with van der Waals surface area (Å²) >= 11 is 1.25. The Morgan fingerprint density at radius 2 is 2.24 bits per heavy atom. The van der Waals surface area contributed by atoms with Crippen LogP contribution in [-0.4, -0.2) is 45.7 Å². The van der Waals surface area contributed by atoms with Crippen molar-refractivity contribution in [2.75, 3.05) is 18.3 Å². The number of aromatic amines is 1. The molecule has 8 nitrogen and oxygen atoms in total. The molecule has 0 unspecified atom stereocenters. The van der Waals surface area contributed by atoms with Gasteiger partial charge in [0.15, 0.2) is 0 Å². The zero-order valence-electron chi connectivity index (χ0n) is 14.7. The van der Waals surface area contributed by atoms with E-state index >= 15 is 0 Å². The summed E-state index contributed by atoms with van der Waals surface area (Å²) in [5.74, 6) is 1.35. The number of hydrazone groups is 1. The van der Waals surface area contributed by atoms with Crippen LogP contribution in [0.25, 0.3) is 0 Å². The van der Waals surface area contributed by atoms with E-state index in [1.165, 1.54) is 11.8 Å². The molecule has 0 bridgehead atoms. The smallest absolute Gasteiger partial charge is 0.240 e. The summed E-state index contributed by atoms with van der Waals surface area (Å²) < 4.78 is 5.15. The SMILES string of the molecule is COc1cccc(/C=N\Nc2nc(SCC(=O)NC(C)(C)C)n[nH]2)c1. The minimum absolute atomic E-state index is 0.0622. The molecule has 1 aromatic carbocycles. The number of aromatic nitrogens is 3. The summed E-state index contributed by atoms with van der Waals surface area (Å²) in [7, 11) is 1.62. The van der Waals surface area contributed by atoms with Gasteiger partial charge in [0.05, 0.1) is 19.1 Å². The number of anilines is 1. The number of carbonyl (C=O) groups is 1. The predicted octanol–water partition coefficient (Wildman–Crippen LogP) is 2.27. The fourth-order valence-corrected chi connectivity index (χ4v) is 2.43. The van der Waals surface area contributed by atoms with Crippen molar-refractivity contribution in [1.29, 1.82) is 0 Å². The fraction of sp³-hybridized carbons (Fsp3) is 0.375. The van der Waals surface area contributed by atoms with Crippen LogP contribution in [0.15, 0.2) is 34.5 Å². The first-order valence-corrected chi connectivity index (χ1v) is 8.63. The number of methoxy groups -OCH3 is 1. The summed E-state index contributed by atoms with van der Waals surface area (Å²) in [6.07, 6.45) is 1.65. The molecule has 0 aliphatic heterocycles. The van der Waals surface area contributed by atoms with Crippen molar-refractivity contribution in [3.8, 4) is 5.75 Å². The molecule has 134 valence electrons. The lowest BCUT2D eigenvalue weighted by atomic mass is 10.1. The number of benzene rings is 1. The number of carbonyl (C=O) groups excluding carboxylic acids is 1. The van der Waals surface area contributed by atoms with Crippen LogP contribution >= 0.6 is 11.8 Å². The third-order valence-corrected chi connectivity index (χ3v) is 3.64. The van der Waals surface area contributed by atoms with Crippen molar-refractivity contribution in [2.45, 2.75) is 31.5 Å². The summed E-state index contributed by atoms with van der Waals surface area (Å²) in [5, 5.41) is 14.2. The van der Waals surface area contributed by atoms with Gasteiger partial charge in [-0.1, -0.05) is 23.9 Å². The van der Waals surface area contributed by atoms with Crippen LogP contribution in [0.2, 0.25) is 0 Å². The van der Waals surface area contributed by atoms with Gasteiger partial charge in [0.1, 0.15) is 5.75 Å². The number of thioether (sulfide) groups is 1. The van der Waals surface area contributed by atoms with Gasteiger partial charge in [0, 0.05) is 5.54 Å². The fourth-order valence-electron chi connectivity index (χ4n) is 1.84. The van der Waals surface area contributed by atoms with E-state index in [9.17, 15) is 4.79 Å². The Balaban J connectivity index is 1.82. The molecule has 2 rings (SSSR count). The summed E-state index contributed by atoms with van der Waals surface area (Å²) in [4.78, 5) is 16.0. The van der Waals surface area contributed by atoms with Crippen LogP contribution < -0.4 is 15.5 Å². The second-order valence-electron chi connectivity index (χ2n) is 6.20. The quantitative estimate of drug-likeness (QED) is 0.396. The Morgan fingerprint density at radius 1 is 1.44 bits per heavy atom. The van der Waals surface area contributed by atoms with Crippen LogP contribution in [0.4, 0.5) is 5.95 Å². The summed E-state index contributed by atoms with van der Waals surface area (Å²) in [6, 6.07) is 7.51. The lowest BCUT2D eigenvalue weighted by Crippen LogP contribution is -2.41. The van der Waals surface area contributed by atoms with Gasteiger partial charge in [-0.25, -0.2) is 10.5 Å². The molecule has 0 fully saturated rings. The van der Waals surface area contributed by atoms with E-state index in [4.69, 9.17) is 4.74 Å². The second-order valence-corrected chi connectivity index (χ2v) is 7.14. The predicted molar refractivity (Wildman–Crippen MR) is 99.2 cm³/mol. The Bertz CT molecular complexity index is 738. The minimum Gasteiger partial charge on any atom is -0.497 e. The maximum atomic E-state index is 11.8. The van der Waals surface area contributed by atoms with E-state index in [-0.39, 0.29) is 17.2 Å². The molecule has 0 aliphatic rings. The highest BCUT2D eigenvalue weighted by Crippen LogP contribution is 2.14. The van der Waals surface area contributed by atoms with E-state index in [1.54, 1.807) is 13.3 Å². The molecule has 25 heavy (non-hydrogen) atoms. The Hall–Kier alpha value is -2.55. The molecule has 1 amide bonds. The maximum absolute atomic E-state index is 11.8. The molecule has 0 saturated carbocycles. The average molecular weight is 362 g/mol. The second kappa shape index (κ2) is 8.52. The largest absolute Gasteiger partial charge is 0.497 e. The molecule has 1 heterocycles. The lowest BCUT2D eigenvalue weighted by molar-refractivity contribution is -0.119. The minimum atomic E-state index is -0.252. The normalized spacial score (nSPS) is 11.5. The van der Waals surface area contributed by atoms with Crippen molar-refractivity contribution in [3.05, 3.63) is 29.8 Å². The average Bonchev–Trinajstić information content (AvgIpc) is 2.99. The molecule has 3 N–H and O–H groups in total. The molecule has 1 aromatic heterocycles. The van der Waals surface area contributed by atoms with Gasteiger partial charge in [-0.3, -0.25) is 4.79 Å². The lowest BCUT2D eigenvalue weighted by Gasteiger charge is -2.19. The van der Waals surface area contributed by atoms with E-state index in [1.807, 2.05) is 45.0 Å². The molecule has 0 spiro atoms.